The topological polar surface area (TPSA) is 50.2 Å². The predicted octanol–water partition coefficient (Wildman–Crippen LogP) is 17.3. The van der Waals surface area contributed by atoms with Crippen molar-refractivity contribution in [2.24, 2.45) is 0 Å². The zero-order valence-electron chi connectivity index (χ0n) is 39.7. The standard InChI is InChI=1S/C67H40N6O/c1-2-16-42(17-3-1)71-60-36-33-44(40-63(60)73-59-29-13-8-24-53(59)68-67(71)73)70-57-28-12-7-21-50(57)65-45(22-14-30-61(65)70)41-32-35-58-51(38-41)48-20-6-11-27-56(48)72(58)62-31-15-23-49-52-39-43(34-37-64(52)74-66(49)62)69-54-25-9-4-18-46(54)47-19-5-10-26-55(47)69/h1-40H. The van der Waals surface area contributed by atoms with Crippen LogP contribution < -0.4 is 0 Å². The van der Waals surface area contributed by atoms with Crippen LogP contribution in [0.2, 0.25) is 0 Å². The smallest absolute Gasteiger partial charge is 0.220 e. The molecule has 6 heterocycles. The molecule has 0 bridgehead atoms. The number of fused-ring (bicyclic) bond motifs is 17. The first-order valence-corrected chi connectivity index (χ1v) is 25.2. The molecule has 0 N–H and O–H groups in total. The maximum absolute atomic E-state index is 6.92. The first-order chi connectivity index (χ1) is 36.7. The quantitative estimate of drug-likeness (QED) is 0.173. The molecule has 7 heteroatoms. The van der Waals surface area contributed by atoms with Gasteiger partial charge in [0.05, 0.1) is 60.9 Å². The van der Waals surface area contributed by atoms with Gasteiger partial charge in [-0.2, -0.15) is 0 Å². The molecule has 6 aromatic heterocycles. The summed E-state index contributed by atoms with van der Waals surface area (Å²) in [6.07, 6.45) is 0. The van der Waals surface area contributed by atoms with Gasteiger partial charge < -0.3 is 18.1 Å². The molecule has 0 fully saturated rings. The van der Waals surface area contributed by atoms with Crippen LogP contribution in [0.25, 0.3) is 149 Å². The van der Waals surface area contributed by atoms with E-state index in [1.54, 1.807) is 0 Å². The molecule has 74 heavy (non-hydrogen) atoms. The zero-order chi connectivity index (χ0) is 48.2. The van der Waals surface area contributed by atoms with Crippen molar-refractivity contribution in [1.82, 2.24) is 27.7 Å². The van der Waals surface area contributed by atoms with E-state index in [9.17, 15) is 0 Å². The van der Waals surface area contributed by atoms with Gasteiger partial charge in [0.2, 0.25) is 5.78 Å². The Morgan fingerprint density at radius 2 is 0.878 bits per heavy atom. The normalized spacial score (nSPS) is 12.3. The molecule has 17 aromatic rings. The lowest BCUT2D eigenvalue weighted by Crippen LogP contribution is -1.96. The Bertz CT molecular complexity index is 5160. The van der Waals surface area contributed by atoms with Gasteiger partial charge in [0.25, 0.3) is 0 Å². The zero-order valence-corrected chi connectivity index (χ0v) is 39.7. The third kappa shape index (κ3) is 5.31. The van der Waals surface area contributed by atoms with Gasteiger partial charge in [-0.3, -0.25) is 8.97 Å². The van der Waals surface area contributed by atoms with E-state index in [0.29, 0.717) is 0 Å². The molecule has 0 aliphatic carbocycles. The number of hydrogen-bond donors (Lipinski definition) is 0. The van der Waals surface area contributed by atoms with Crippen molar-refractivity contribution in [3.05, 3.63) is 243 Å². The number of furan rings is 1. The fraction of sp³-hybridized carbons (Fsp3) is 0. The lowest BCUT2D eigenvalue weighted by molar-refractivity contribution is 0.666. The summed E-state index contributed by atoms with van der Waals surface area (Å²) in [6, 6.07) is 87.7. The Morgan fingerprint density at radius 1 is 0.311 bits per heavy atom. The summed E-state index contributed by atoms with van der Waals surface area (Å²) in [5.74, 6) is 0.894. The summed E-state index contributed by atoms with van der Waals surface area (Å²) in [6.45, 7) is 0. The van der Waals surface area contributed by atoms with Crippen molar-refractivity contribution in [2.45, 2.75) is 0 Å². The number of aromatic nitrogens is 6. The van der Waals surface area contributed by atoms with Crippen LogP contribution in [0, 0.1) is 0 Å². The van der Waals surface area contributed by atoms with Crippen LogP contribution in [0.1, 0.15) is 0 Å². The highest BCUT2D eigenvalue weighted by Gasteiger charge is 2.23. The third-order valence-corrected chi connectivity index (χ3v) is 15.7. The Balaban J connectivity index is 0.838. The Hall–Kier alpha value is -10.1. The summed E-state index contributed by atoms with van der Waals surface area (Å²) < 4.78 is 18.7. The summed E-state index contributed by atoms with van der Waals surface area (Å²) >= 11 is 0. The summed E-state index contributed by atoms with van der Waals surface area (Å²) in [5.41, 5.74) is 19.5. The minimum absolute atomic E-state index is 0.862. The summed E-state index contributed by atoms with van der Waals surface area (Å²) in [7, 11) is 0. The maximum atomic E-state index is 6.92. The second-order valence-electron chi connectivity index (χ2n) is 19.5. The molecule has 0 unspecified atom stereocenters. The lowest BCUT2D eigenvalue weighted by Gasteiger charge is -2.11. The highest BCUT2D eigenvalue weighted by Crippen LogP contribution is 2.44. The molecule has 0 atom stereocenters. The van der Waals surface area contributed by atoms with Gasteiger partial charge in [0.1, 0.15) is 5.58 Å². The maximum Gasteiger partial charge on any atom is 0.220 e. The molecule has 11 aromatic carbocycles. The molecule has 344 valence electrons. The fourth-order valence-corrected chi connectivity index (χ4v) is 12.6. The summed E-state index contributed by atoms with van der Waals surface area (Å²) in [5, 5.41) is 9.47. The number of para-hydroxylation sites is 8. The molecular weight excluding hydrogens is 905 g/mol. The highest BCUT2D eigenvalue weighted by atomic mass is 16.3. The van der Waals surface area contributed by atoms with E-state index >= 15 is 0 Å². The van der Waals surface area contributed by atoms with Crippen molar-refractivity contribution in [3.63, 3.8) is 0 Å². The van der Waals surface area contributed by atoms with Crippen LogP contribution in [0.5, 0.6) is 0 Å². The Morgan fingerprint density at radius 3 is 1.66 bits per heavy atom. The minimum atomic E-state index is 0.862. The first kappa shape index (κ1) is 39.6. The number of imidazole rings is 2. The molecule has 0 saturated heterocycles. The van der Waals surface area contributed by atoms with E-state index in [2.05, 4.69) is 265 Å². The molecule has 0 spiro atoms. The van der Waals surface area contributed by atoms with Gasteiger partial charge in [-0.15, -0.1) is 0 Å². The molecule has 0 aliphatic heterocycles. The Labute approximate surface area is 421 Å². The van der Waals surface area contributed by atoms with Crippen LogP contribution in [-0.4, -0.2) is 27.7 Å². The van der Waals surface area contributed by atoms with Crippen molar-refractivity contribution in [3.8, 4) is 33.9 Å². The number of hydrogen-bond acceptors (Lipinski definition) is 2. The van der Waals surface area contributed by atoms with Gasteiger partial charge in [0, 0.05) is 60.2 Å². The SMILES string of the molecule is c1ccc(-n2c3ccc(-n4c5ccccc5c5c(-c6ccc7c(c6)c6ccccc6n7-c6cccc7c6oc6ccc(-n8c9ccccc9c9ccccc98)cc67)cccc54)cc3n3c4ccccc4nc23)cc1. The van der Waals surface area contributed by atoms with Gasteiger partial charge in [-0.1, -0.05) is 133 Å². The molecular formula is C67H40N6O. The van der Waals surface area contributed by atoms with Gasteiger partial charge in [0.15, 0.2) is 5.58 Å². The van der Waals surface area contributed by atoms with E-state index in [0.717, 1.165) is 100 Å². The van der Waals surface area contributed by atoms with Gasteiger partial charge >= 0.3 is 0 Å². The van der Waals surface area contributed by atoms with Crippen LogP contribution in [-0.2, 0) is 0 Å². The summed E-state index contributed by atoms with van der Waals surface area (Å²) in [4.78, 5) is 5.19. The molecule has 17 rings (SSSR count). The largest absolute Gasteiger partial charge is 0.454 e. The monoisotopic (exact) mass is 944 g/mol. The average molecular weight is 945 g/mol. The highest BCUT2D eigenvalue weighted by molar-refractivity contribution is 6.18. The van der Waals surface area contributed by atoms with Crippen LogP contribution in [0.3, 0.4) is 0 Å². The van der Waals surface area contributed by atoms with Crippen molar-refractivity contribution >= 4 is 115 Å². The van der Waals surface area contributed by atoms with E-state index in [1.165, 1.54) is 48.9 Å². The lowest BCUT2D eigenvalue weighted by atomic mass is 9.98. The number of rotatable bonds is 5. The fourth-order valence-electron chi connectivity index (χ4n) is 12.6. The molecule has 7 nitrogen and oxygen atoms in total. The number of nitrogens with zero attached hydrogens (tertiary/aromatic N) is 6. The predicted molar refractivity (Wildman–Crippen MR) is 305 cm³/mol. The second kappa shape index (κ2) is 14.7. The minimum Gasteiger partial charge on any atom is -0.454 e. The van der Waals surface area contributed by atoms with Crippen LogP contribution >= 0.6 is 0 Å². The third-order valence-electron chi connectivity index (χ3n) is 15.7. The van der Waals surface area contributed by atoms with E-state index < -0.39 is 0 Å². The molecule has 0 radical (unpaired) electrons. The van der Waals surface area contributed by atoms with E-state index in [1.807, 2.05) is 0 Å². The van der Waals surface area contributed by atoms with E-state index in [-0.39, 0.29) is 0 Å². The molecule has 0 saturated carbocycles. The van der Waals surface area contributed by atoms with Gasteiger partial charge in [-0.25, -0.2) is 4.98 Å². The van der Waals surface area contributed by atoms with Gasteiger partial charge in [-0.05, 0) is 120 Å². The second-order valence-corrected chi connectivity index (χ2v) is 19.5. The van der Waals surface area contributed by atoms with Crippen molar-refractivity contribution in [2.75, 3.05) is 0 Å². The van der Waals surface area contributed by atoms with Crippen molar-refractivity contribution < 1.29 is 4.42 Å². The van der Waals surface area contributed by atoms with Crippen molar-refractivity contribution in [1.29, 1.82) is 0 Å². The Kier molecular flexibility index (Phi) is 7.88. The van der Waals surface area contributed by atoms with Crippen LogP contribution in [0.4, 0.5) is 0 Å². The van der Waals surface area contributed by atoms with Crippen LogP contribution in [0.15, 0.2) is 247 Å². The molecule has 0 aliphatic rings. The first-order valence-electron chi connectivity index (χ1n) is 25.2. The average Bonchev–Trinajstić information content (AvgIpc) is 4.31. The van der Waals surface area contributed by atoms with E-state index in [4.69, 9.17) is 9.40 Å². The molecule has 0 amide bonds. The number of benzene rings is 11.